The average Bonchev–Trinajstić information content (AvgIpc) is 2.95. The molecule has 6 heteroatoms. The summed E-state index contributed by atoms with van der Waals surface area (Å²) in [5.74, 6) is -0.113. The molecule has 0 aliphatic carbocycles. The normalized spacial score (nSPS) is 14.2. The fourth-order valence-electron chi connectivity index (χ4n) is 3.11. The van der Waals surface area contributed by atoms with E-state index < -0.39 is 11.8 Å². The van der Waals surface area contributed by atoms with E-state index in [0.29, 0.717) is 29.2 Å². The van der Waals surface area contributed by atoms with Gasteiger partial charge >= 0.3 is 0 Å². The van der Waals surface area contributed by atoms with Crippen molar-refractivity contribution in [2.24, 2.45) is 5.73 Å². The first-order valence-corrected chi connectivity index (χ1v) is 7.93. The molecule has 1 aliphatic heterocycles. The quantitative estimate of drug-likeness (QED) is 0.871. The van der Waals surface area contributed by atoms with Crippen molar-refractivity contribution in [3.63, 3.8) is 0 Å². The van der Waals surface area contributed by atoms with Gasteiger partial charge in [0, 0.05) is 18.7 Å². The second-order valence-corrected chi connectivity index (χ2v) is 5.91. The minimum Gasteiger partial charge on any atom is -0.493 e. The van der Waals surface area contributed by atoms with Gasteiger partial charge < -0.3 is 20.1 Å². The summed E-state index contributed by atoms with van der Waals surface area (Å²) in [4.78, 5) is 26.2. The number of nitrogens with two attached hydrogens (primary N) is 1. The number of rotatable bonds is 6. The summed E-state index contributed by atoms with van der Waals surface area (Å²) in [7, 11) is 3.07. The lowest BCUT2D eigenvalue weighted by Crippen LogP contribution is -2.35. The number of fused-ring (bicyclic) bond motifs is 1. The number of carbonyl (C=O) groups is 2. The molecule has 0 saturated carbocycles. The summed E-state index contributed by atoms with van der Waals surface area (Å²) in [6.07, 6.45) is 0. The molecule has 0 aromatic heterocycles. The zero-order chi connectivity index (χ0) is 18.0. The molecule has 130 valence electrons. The van der Waals surface area contributed by atoms with Gasteiger partial charge in [-0.05, 0) is 29.3 Å². The maximum absolute atomic E-state index is 12.5. The van der Waals surface area contributed by atoms with Crippen molar-refractivity contribution in [3.05, 3.63) is 59.2 Å². The number of hydrogen-bond acceptors (Lipinski definition) is 4. The van der Waals surface area contributed by atoms with Crippen LogP contribution < -0.4 is 15.2 Å². The Bertz CT molecular complexity index is 819. The molecule has 6 nitrogen and oxygen atoms in total. The molecule has 2 N–H and O–H groups in total. The lowest BCUT2D eigenvalue weighted by atomic mass is 9.97. The molecule has 3 rings (SSSR count). The summed E-state index contributed by atoms with van der Waals surface area (Å²) >= 11 is 0. The molecule has 2 aromatic carbocycles. The van der Waals surface area contributed by atoms with E-state index >= 15 is 0 Å². The second-order valence-electron chi connectivity index (χ2n) is 5.91. The highest BCUT2D eigenvalue weighted by Crippen LogP contribution is 2.32. The van der Waals surface area contributed by atoms with Crippen LogP contribution in [0.4, 0.5) is 0 Å². The van der Waals surface area contributed by atoms with Crippen LogP contribution in [0.2, 0.25) is 0 Å². The van der Waals surface area contributed by atoms with Crippen molar-refractivity contribution in [1.29, 1.82) is 0 Å². The molecule has 2 aromatic rings. The van der Waals surface area contributed by atoms with E-state index in [1.165, 1.54) is 7.11 Å². The van der Waals surface area contributed by atoms with Gasteiger partial charge in [0.2, 0.25) is 5.91 Å². The van der Waals surface area contributed by atoms with Crippen LogP contribution in [0.5, 0.6) is 11.5 Å². The van der Waals surface area contributed by atoms with E-state index in [1.54, 1.807) is 36.3 Å². The molecule has 0 radical (unpaired) electrons. The molecule has 1 unspecified atom stereocenters. The number of primary amides is 1. The first kappa shape index (κ1) is 16.8. The average molecular weight is 340 g/mol. The zero-order valence-electron chi connectivity index (χ0n) is 14.2. The van der Waals surface area contributed by atoms with Crippen molar-refractivity contribution in [3.8, 4) is 11.5 Å². The van der Waals surface area contributed by atoms with Crippen LogP contribution in [0.1, 0.15) is 27.4 Å². The molecule has 1 aliphatic rings. The van der Waals surface area contributed by atoms with E-state index in [0.717, 1.165) is 5.56 Å². The van der Waals surface area contributed by atoms with Crippen molar-refractivity contribution in [2.45, 2.75) is 12.5 Å². The number of ether oxygens (including phenoxy) is 2. The third-order valence-electron chi connectivity index (χ3n) is 4.45. The second kappa shape index (κ2) is 6.84. The van der Waals surface area contributed by atoms with Crippen molar-refractivity contribution >= 4 is 11.8 Å². The van der Waals surface area contributed by atoms with Gasteiger partial charge in [-0.15, -0.1) is 0 Å². The Hall–Kier alpha value is -3.02. The summed E-state index contributed by atoms with van der Waals surface area (Å²) in [5.41, 5.74) is 7.94. The molecule has 0 fully saturated rings. The Morgan fingerprint density at radius 2 is 1.88 bits per heavy atom. The predicted molar refractivity (Wildman–Crippen MR) is 92.7 cm³/mol. The molecule has 0 spiro atoms. The van der Waals surface area contributed by atoms with Crippen LogP contribution in [0.3, 0.4) is 0 Å². The monoisotopic (exact) mass is 340 g/mol. The number of nitrogens with zero attached hydrogens (tertiary/aromatic N) is 1. The van der Waals surface area contributed by atoms with Crippen LogP contribution in [0.15, 0.2) is 42.5 Å². The highest BCUT2D eigenvalue weighted by atomic mass is 16.5. The lowest BCUT2D eigenvalue weighted by Gasteiger charge is -2.22. The maximum atomic E-state index is 12.5. The number of hydrogen-bond donors (Lipinski definition) is 1. The Kier molecular flexibility index (Phi) is 4.61. The molecule has 0 bridgehead atoms. The fraction of sp³-hybridized carbons (Fsp3) is 0.263. The van der Waals surface area contributed by atoms with Gasteiger partial charge in [-0.25, -0.2) is 0 Å². The lowest BCUT2D eigenvalue weighted by molar-refractivity contribution is -0.119. The van der Waals surface area contributed by atoms with Gasteiger partial charge in [0.05, 0.1) is 20.1 Å². The van der Waals surface area contributed by atoms with Crippen LogP contribution in [0, 0.1) is 0 Å². The van der Waals surface area contributed by atoms with Gasteiger partial charge in [0.25, 0.3) is 5.91 Å². The van der Waals surface area contributed by atoms with E-state index in [1.807, 2.05) is 18.2 Å². The summed E-state index contributed by atoms with van der Waals surface area (Å²) in [5, 5.41) is 0. The Morgan fingerprint density at radius 3 is 2.52 bits per heavy atom. The zero-order valence-corrected chi connectivity index (χ0v) is 14.2. The van der Waals surface area contributed by atoms with Crippen molar-refractivity contribution < 1.29 is 19.1 Å². The van der Waals surface area contributed by atoms with Gasteiger partial charge in [-0.3, -0.25) is 9.59 Å². The van der Waals surface area contributed by atoms with Crippen molar-refractivity contribution in [1.82, 2.24) is 4.90 Å². The van der Waals surface area contributed by atoms with Gasteiger partial charge in [-0.2, -0.15) is 0 Å². The number of methoxy groups -OCH3 is 2. The van der Waals surface area contributed by atoms with Crippen LogP contribution in [-0.4, -0.2) is 37.5 Å². The minimum atomic E-state index is -0.627. The largest absolute Gasteiger partial charge is 0.493 e. The highest BCUT2D eigenvalue weighted by Gasteiger charge is 2.31. The molecule has 2 amide bonds. The Labute approximate surface area is 146 Å². The highest BCUT2D eigenvalue weighted by molar-refractivity contribution is 5.98. The van der Waals surface area contributed by atoms with E-state index in [-0.39, 0.29) is 12.5 Å². The minimum absolute atomic E-state index is 0.0812. The van der Waals surface area contributed by atoms with Gasteiger partial charge in [0.1, 0.15) is 0 Å². The molecule has 1 atom stereocenters. The van der Waals surface area contributed by atoms with Gasteiger partial charge in [0.15, 0.2) is 11.5 Å². The summed E-state index contributed by atoms with van der Waals surface area (Å²) in [6, 6.07) is 12.7. The van der Waals surface area contributed by atoms with E-state index in [2.05, 4.69) is 0 Å². The van der Waals surface area contributed by atoms with Crippen LogP contribution in [0.25, 0.3) is 0 Å². The molecular formula is C19H20N2O4. The van der Waals surface area contributed by atoms with E-state index in [4.69, 9.17) is 15.2 Å². The molecule has 0 saturated heterocycles. The third-order valence-corrected chi connectivity index (χ3v) is 4.45. The van der Waals surface area contributed by atoms with Crippen LogP contribution in [-0.2, 0) is 11.3 Å². The molecular weight excluding hydrogens is 320 g/mol. The third kappa shape index (κ3) is 3.15. The Morgan fingerprint density at radius 1 is 1.16 bits per heavy atom. The maximum Gasteiger partial charge on any atom is 0.254 e. The first-order valence-electron chi connectivity index (χ1n) is 7.93. The predicted octanol–water partition coefficient (Wildman–Crippen LogP) is 1.93. The number of benzene rings is 2. The smallest absolute Gasteiger partial charge is 0.254 e. The fourth-order valence-corrected chi connectivity index (χ4v) is 3.11. The van der Waals surface area contributed by atoms with E-state index in [9.17, 15) is 9.59 Å². The topological polar surface area (TPSA) is 81.9 Å². The molecule has 25 heavy (non-hydrogen) atoms. The standard InChI is InChI=1S/C19H20N2O4/c1-24-16-8-7-12(9-17(16)25-2)15(18(20)22)11-21-10-13-5-3-4-6-14(13)19(21)23/h3-9,15H,10-11H2,1-2H3,(H2,20,22). The summed E-state index contributed by atoms with van der Waals surface area (Å²) in [6.45, 7) is 0.699. The Balaban J connectivity index is 1.86. The van der Waals surface area contributed by atoms with Crippen molar-refractivity contribution in [2.75, 3.05) is 20.8 Å². The number of amides is 2. The van der Waals surface area contributed by atoms with Crippen LogP contribution >= 0.6 is 0 Å². The summed E-state index contributed by atoms with van der Waals surface area (Å²) < 4.78 is 10.5. The SMILES string of the molecule is COc1ccc(C(CN2Cc3ccccc3C2=O)C(N)=O)cc1OC. The molecule has 1 heterocycles. The van der Waals surface area contributed by atoms with Gasteiger partial charge in [-0.1, -0.05) is 24.3 Å². The first-order chi connectivity index (χ1) is 12.0. The number of carbonyl (C=O) groups excluding carboxylic acids is 2.